The summed E-state index contributed by atoms with van der Waals surface area (Å²) in [5.41, 5.74) is 6.31. The van der Waals surface area contributed by atoms with Crippen LogP contribution in [0.25, 0.3) is 11.8 Å². The number of nitrogens with one attached hydrogen (secondary N) is 2. The minimum absolute atomic E-state index is 0.206. The van der Waals surface area contributed by atoms with Crippen LogP contribution >= 0.6 is 0 Å². The third-order valence-corrected chi connectivity index (χ3v) is 5.37. The van der Waals surface area contributed by atoms with Crippen LogP contribution in [0.4, 0.5) is 5.69 Å². The number of piperidine rings is 1. The molecule has 0 spiro atoms. The molecule has 3 nitrogen and oxygen atoms in total. The SMILES string of the molecule is C=CCCCCCNc1cccc(C(=C)N(C)C2CCC(=C)NC2=C)c1C=C. The smallest absolute Gasteiger partial charge is 0.0686 e. The fourth-order valence-corrected chi connectivity index (χ4v) is 3.67. The molecule has 2 rings (SSSR count). The molecule has 28 heavy (non-hydrogen) atoms. The quantitative estimate of drug-likeness (QED) is 0.357. The highest BCUT2D eigenvalue weighted by atomic mass is 15.2. The first kappa shape index (κ1) is 21.6. The molecule has 0 aromatic heterocycles. The van der Waals surface area contributed by atoms with Gasteiger partial charge in [-0.05, 0) is 38.2 Å². The van der Waals surface area contributed by atoms with Crippen molar-refractivity contribution >= 4 is 17.5 Å². The van der Waals surface area contributed by atoms with Crippen molar-refractivity contribution in [1.29, 1.82) is 0 Å². The molecular formula is C25H35N3. The number of likely N-dealkylation sites (N-methyl/N-ethyl adjacent to an activating group) is 1. The first-order chi connectivity index (χ1) is 13.5. The van der Waals surface area contributed by atoms with Crippen LogP contribution in [0.5, 0.6) is 0 Å². The molecular weight excluding hydrogens is 342 g/mol. The second kappa shape index (κ2) is 10.6. The monoisotopic (exact) mass is 377 g/mol. The molecule has 0 radical (unpaired) electrons. The highest BCUT2D eigenvalue weighted by Gasteiger charge is 2.25. The number of anilines is 1. The molecule has 1 atom stereocenters. The summed E-state index contributed by atoms with van der Waals surface area (Å²) in [5, 5.41) is 6.87. The van der Waals surface area contributed by atoms with E-state index in [1.807, 2.05) is 12.2 Å². The first-order valence-corrected chi connectivity index (χ1v) is 10.2. The van der Waals surface area contributed by atoms with Gasteiger partial charge in [0.25, 0.3) is 0 Å². The maximum Gasteiger partial charge on any atom is 0.0686 e. The molecule has 1 heterocycles. The number of allylic oxidation sites excluding steroid dienone is 2. The van der Waals surface area contributed by atoms with Gasteiger partial charge in [0.05, 0.1) is 6.04 Å². The van der Waals surface area contributed by atoms with Gasteiger partial charge in [-0.25, -0.2) is 0 Å². The lowest BCUT2D eigenvalue weighted by Gasteiger charge is -2.37. The van der Waals surface area contributed by atoms with Crippen LogP contribution in [-0.4, -0.2) is 24.5 Å². The lowest BCUT2D eigenvalue weighted by molar-refractivity contribution is 0.341. The summed E-state index contributed by atoms with van der Waals surface area (Å²) < 4.78 is 0. The molecule has 1 aromatic rings. The van der Waals surface area contributed by atoms with E-state index in [9.17, 15) is 0 Å². The largest absolute Gasteiger partial charge is 0.385 e. The lowest BCUT2D eigenvalue weighted by Crippen LogP contribution is -2.39. The number of nitrogens with zero attached hydrogens (tertiary/aromatic N) is 1. The molecule has 1 aliphatic heterocycles. The fraction of sp³-hybridized carbons (Fsp3) is 0.360. The molecule has 0 saturated carbocycles. The molecule has 0 amide bonds. The van der Waals surface area contributed by atoms with Crippen LogP contribution < -0.4 is 10.6 Å². The van der Waals surface area contributed by atoms with Crippen LogP contribution in [-0.2, 0) is 0 Å². The second-order valence-corrected chi connectivity index (χ2v) is 7.40. The highest BCUT2D eigenvalue weighted by Crippen LogP contribution is 2.32. The number of hydrogen-bond acceptors (Lipinski definition) is 3. The Morgan fingerprint density at radius 3 is 2.71 bits per heavy atom. The van der Waals surface area contributed by atoms with E-state index in [0.717, 1.165) is 66.1 Å². The van der Waals surface area contributed by atoms with Crippen LogP contribution in [0.2, 0.25) is 0 Å². The number of hydrogen-bond donors (Lipinski definition) is 2. The van der Waals surface area contributed by atoms with Crippen molar-refractivity contribution < 1.29 is 0 Å². The fourth-order valence-electron chi connectivity index (χ4n) is 3.67. The zero-order valence-electron chi connectivity index (χ0n) is 17.4. The maximum absolute atomic E-state index is 4.38. The molecule has 1 aromatic carbocycles. The summed E-state index contributed by atoms with van der Waals surface area (Å²) in [6.45, 7) is 21.4. The third kappa shape index (κ3) is 5.41. The van der Waals surface area contributed by atoms with E-state index >= 15 is 0 Å². The molecule has 1 aliphatic rings. The minimum atomic E-state index is 0.206. The predicted molar refractivity (Wildman–Crippen MR) is 125 cm³/mol. The third-order valence-electron chi connectivity index (χ3n) is 5.37. The van der Waals surface area contributed by atoms with E-state index in [1.54, 1.807) is 0 Å². The summed E-state index contributed by atoms with van der Waals surface area (Å²) in [6.07, 6.45) is 10.5. The van der Waals surface area contributed by atoms with Gasteiger partial charge < -0.3 is 15.5 Å². The van der Waals surface area contributed by atoms with Crippen LogP contribution in [0.15, 0.2) is 68.6 Å². The highest BCUT2D eigenvalue weighted by molar-refractivity contribution is 5.79. The van der Waals surface area contributed by atoms with Crippen molar-refractivity contribution in [2.45, 2.75) is 44.6 Å². The summed E-state index contributed by atoms with van der Waals surface area (Å²) in [6, 6.07) is 6.51. The van der Waals surface area contributed by atoms with Gasteiger partial charge in [0, 0.05) is 47.5 Å². The Labute approximate surface area is 171 Å². The molecule has 0 aliphatic carbocycles. The zero-order chi connectivity index (χ0) is 20.5. The zero-order valence-corrected chi connectivity index (χ0v) is 17.4. The normalized spacial score (nSPS) is 16.2. The first-order valence-electron chi connectivity index (χ1n) is 10.2. The van der Waals surface area contributed by atoms with Crippen molar-refractivity contribution in [2.24, 2.45) is 0 Å². The van der Waals surface area contributed by atoms with Gasteiger partial charge in [0.2, 0.25) is 0 Å². The summed E-state index contributed by atoms with van der Waals surface area (Å²) in [5.74, 6) is 0. The van der Waals surface area contributed by atoms with Crippen molar-refractivity contribution in [3.8, 4) is 0 Å². The van der Waals surface area contributed by atoms with Crippen molar-refractivity contribution in [3.05, 3.63) is 79.7 Å². The van der Waals surface area contributed by atoms with E-state index in [2.05, 4.69) is 73.7 Å². The molecule has 1 saturated heterocycles. The van der Waals surface area contributed by atoms with E-state index in [4.69, 9.17) is 0 Å². The molecule has 1 fully saturated rings. The molecule has 1 unspecified atom stereocenters. The number of rotatable bonds is 11. The van der Waals surface area contributed by atoms with E-state index < -0.39 is 0 Å². The standard InChI is InChI=1S/C25H35N3/c1-7-9-10-11-12-18-26-24-15-13-14-23(22(24)8-2)21(5)28(6)25-17-16-19(3)27-20(25)4/h7-8,13-15,25-27H,1-5,9-12,16-18H2,6H3. The van der Waals surface area contributed by atoms with Gasteiger partial charge in [-0.1, -0.05) is 57.0 Å². The molecule has 150 valence electrons. The molecule has 3 heteroatoms. The van der Waals surface area contributed by atoms with Gasteiger partial charge in [-0.2, -0.15) is 0 Å². The molecule has 0 bridgehead atoms. The van der Waals surface area contributed by atoms with Crippen LogP contribution in [0.3, 0.4) is 0 Å². The number of benzene rings is 1. The van der Waals surface area contributed by atoms with Gasteiger partial charge in [-0.3, -0.25) is 0 Å². The Kier molecular flexibility index (Phi) is 8.19. The predicted octanol–water partition coefficient (Wildman–Crippen LogP) is 6.17. The Morgan fingerprint density at radius 2 is 2.04 bits per heavy atom. The van der Waals surface area contributed by atoms with Crippen LogP contribution in [0.1, 0.15) is 49.7 Å². The van der Waals surface area contributed by atoms with E-state index in [-0.39, 0.29) is 6.04 Å². The van der Waals surface area contributed by atoms with Gasteiger partial charge in [0.1, 0.15) is 0 Å². The number of unbranched alkanes of at least 4 members (excludes halogenated alkanes) is 3. The van der Waals surface area contributed by atoms with Gasteiger partial charge in [-0.15, -0.1) is 6.58 Å². The average Bonchev–Trinajstić information content (AvgIpc) is 2.69. The van der Waals surface area contributed by atoms with E-state index in [0.29, 0.717) is 0 Å². The van der Waals surface area contributed by atoms with Gasteiger partial charge >= 0.3 is 0 Å². The maximum atomic E-state index is 4.38. The Hall–Kier alpha value is -2.68. The summed E-state index contributed by atoms with van der Waals surface area (Å²) in [4.78, 5) is 2.21. The minimum Gasteiger partial charge on any atom is -0.385 e. The Morgan fingerprint density at radius 1 is 1.25 bits per heavy atom. The molecule has 2 N–H and O–H groups in total. The van der Waals surface area contributed by atoms with E-state index in [1.165, 1.54) is 12.8 Å². The Balaban J connectivity index is 2.08. The topological polar surface area (TPSA) is 27.3 Å². The van der Waals surface area contributed by atoms with Crippen LogP contribution in [0, 0.1) is 0 Å². The average molecular weight is 378 g/mol. The van der Waals surface area contributed by atoms with Gasteiger partial charge in [0.15, 0.2) is 0 Å². The van der Waals surface area contributed by atoms with Crippen molar-refractivity contribution in [2.75, 3.05) is 18.9 Å². The summed E-state index contributed by atoms with van der Waals surface area (Å²) >= 11 is 0. The Bertz CT molecular complexity index is 744. The second-order valence-electron chi connectivity index (χ2n) is 7.40. The van der Waals surface area contributed by atoms with Crippen molar-refractivity contribution in [1.82, 2.24) is 10.2 Å². The lowest BCUT2D eigenvalue weighted by atomic mass is 9.97. The summed E-state index contributed by atoms with van der Waals surface area (Å²) in [7, 11) is 2.08. The van der Waals surface area contributed by atoms with Crippen molar-refractivity contribution in [3.63, 3.8) is 0 Å².